The molecule has 32 heavy (non-hydrogen) atoms. The lowest BCUT2D eigenvalue weighted by Crippen LogP contribution is -2.51. The Balaban J connectivity index is 2.42. The van der Waals surface area contributed by atoms with Crippen LogP contribution in [-0.4, -0.2) is 50.5 Å². The van der Waals surface area contributed by atoms with Crippen LogP contribution in [0.5, 0.6) is 0 Å². The molecule has 1 N–H and O–H groups in total. The largest absolute Gasteiger partial charge is 0.355 e. The summed E-state index contributed by atoms with van der Waals surface area (Å²) in [5.41, 5.74) is 1.96. The smallest absolute Gasteiger partial charge is 0.244 e. The van der Waals surface area contributed by atoms with Crippen molar-refractivity contribution in [2.24, 2.45) is 0 Å². The maximum atomic E-state index is 13.4. The van der Waals surface area contributed by atoms with Crippen molar-refractivity contribution < 1.29 is 18.0 Å². The van der Waals surface area contributed by atoms with E-state index >= 15 is 0 Å². The highest BCUT2D eigenvalue weighted by Crippen LogP contribution is 2.30. The van der Waals surface area contributed by atoms with Crippen molar-refractivity contribution >= 4 is 50.7 Å². The summed E-state index contributed by atoms with van der Waals surface area (Å²) in [7, 11) is -3.88. The fourth-order valence-corrected chi connectivity index (χ4v) is 4.36. The van der Waals surface area contributed by atoms with Gasteiger partial charge in [0, 0.05) is 18.1 Å². The van der Waals surface area contributed by atoms with Crippen LogP contribution < -0.4 is 9.62 Å². The maximum Gasteiger partial charge on any atom is 0.244 e. The molecule has 2 aromatic rings. The van der Waals surface area contributed by atoms with E-state index in [0.717, 1.165) is 21.7 Å². The Morgan fingerprint density at radius 3 is 2.28 bits per heavy atom. The van der Waals surface area contributed by atoms with Crippen molar-refractivity contribution in [3.63, 3.8) is 0 Å². The van der Waals surface area contributed by atoms with Gasteiger partial charge in [-0.3, -0.25) is 13.9 Å². The van der Waals surface area contributed by atoms with E-state index in [4.69, 9.17) is 23.2 Å². The quantitative estimate of drug-likeness (QED) is 0.570. The molecular weight excluding hydrogens is 473 g/mol. The van der Waals surface area contributed by atoms with E-state index in [9.17, 15) is 18.0 Å². The lowest BCUT2D eigenvalue weighted by atomic mass is 10.1. The zero-order valence-electron chi connectivity index (χ0n) is 18.4. The Morgan fingerprint density at radius 2 is 1.72 bits per heavy atom. The molecule has 0 fully saturated rings. The van der Waals surface area contributed by atoms with Crippen LogP contribution >= 0.6 is 23.2 Å². The first-order chi connectivity index (χ1) is 14.9. The van der Waals surface area contributed by atoms with Gasteiger partial charge in [-0.05, 0) is 44.5 Å². The molecule has 0 aliphatic carbocycles. The van der Waals surface area contributed by atoms with E-state index in [-0.39, 0.29) is 28.2 Å². The van der Waals surface area contributed by atoms with E-state index in [0.29, 0.717) is 6.54 Å². The molecule has 0 aliphatic heterocycles. The van der Waals surface area contributed by atoms with Gasteiger partial charge in [-0.15, -0.1) is 0 Å². The average molecular weight is 500 g/mol. The number of hydrogen-bond donors (Lipinski definition) is 1. The van der Waals surface area contributed by atoms with Crippen LogP contribution in [-0.2, 0) is 26.2 Å². The molecule has 0 saturated carbocycles. The van der Waals surface area contributed by atoms with Crippen molar-refractivity contribution in [3.05, 3.63) is 63.6 Å². The Kier molecular flexibility index (Phi) is 8.95. The standard InChI is InChI=1S/C22H27Cl2N3O4S/c1-5-25-22(29)16(3)26(13-17-8-6-15(2)7-9-17)21(28)14-27(32(4,30)31)20-12-18(23)10-11-19(20)24/h6-12,16H,5,13-14H2,1-4H3,(H,25,29). The number of carbonyl (C=O) groups excluding carboxylic acids is 2. The number of halogens is 2. The molecule has 10 heteroatoms. The predicted octanol–water partition coefficient (Wildman–Crippen LogP) is 3.62. The number of aryl methyl sites for hydroxylation is 1. The summed E-state index contributed by atoms with van der Waals surface area (Å²) in [5.74, 6) is -0.884. The molecule has 0 spiro atoms. The van der Waals surface area contributed by atoms with Crippen LogP contribution in [0.3, 0.4) is 0 Å². The third-order valence-electron chi connectivity index (χ3n) is 4.85. The SMILES string of the molecule is CCNC(=O)C(C)N(Cc1ccc(C)cc1)C(=O)CN(c1cc(Cl)ccc1Cl)S(C)(=O)=O. The number of benzene rings is 2. The molecular formula is C22H27Cl2N3O4S. The highest BCUT2D eigenvalue weighted by atomic mass is 35.5. The summed E-state index contributed by atoms with van der Waals surface area (Å²) in [4.78, 5) is 27.2. The highest BCUT2D eigenvalue weighted by molar-refractivity contribution is 7.92. The Hall–Kier alpha value is -2.29. The molecule has 2 amide bonds. The summed E-state index contributed by atoms with van der Waals surface area (Å²) < 4.78 is 26.0. The Bertz CT molecular complexity index is 1080. The van der Waals surface area contributed by atoms with Crippen molar-refractivity contribution in [1.82, 2.24) is 10.2 Å². The number of hydrogen-bond acceptors (Lipinski definition) is 4. The minimum Gasteiger partial charge on any atom is -0.355 e. The first kappa shape index (κ1) is 26.0. The molecule has 2 rings (SSSR count). The minimum atomic E-state index is -3.88. The van der Waals surface area contributed by atoms with Crippen LogP contribution in [0.25, 0.3) is 0 Å². The molecule has 0 saturated heterocycles. The minimum absolute atomic E-state index is 0.0935. The molecule has 0 aromatic heterocycles. The summed E-state index contributed by atoms with van der Waals surface area (Å²) in [6.45, 7) is 5.34. The van der Waals surface area contributed by atoms with E-state index in [1.807, 2.05) is 31.2 Å². The second-order valence-electron chi connectivity index (χ2n) is 7.44. The van der Waals surface area contributed by atoms with Gasteiger partial charge in [-0.1, -0.05) is 53.0 Å². The number of carbonyl (C=O) groups is 2. The van der Waals surface area contributed by atoms with Crippen LogP contribution in [0.15, 0.2) is 42.5 Å². The fraction of sp³-hybridized carbons (Fsp3) is 0.364. The van der Waals surface area contributed by atoms with Gasteiger partial charge in [-0.25, -0.2) is 8.42 Å². The third kappa shape index (κ3) is 6.85. The lowest BCUT2D eigenvalue weighted by Gasteiger charge is -2.31. The predicted molar refractivity (Wildman–Crippen MR) is 129 cm³/mol. The van der Waals surface area contributed by atoms with Crippen LogP contribution in [0.4, 0.5) is 5.69 Å². The Morgan fingerprint density at radius 1 is 1.09 bits per heavy atom. The maximum absolute atomic E-state index is 13.4. The third-order valence-corrected chi connectivity index (χ3v) is 6.53. The van der Waals surface area contributed by atoms with Gasteiger partial charge in [0.1, 0.15) is 12.6 Å². The van der Waals surface area contributed by atoms with Gasteiger partial charge < -0.3 is 10.2 Å². The van der Waals surface area contributed by atoms with Crippen molar-refractivity contribution in [2.45, 2.75) is 33.4 Å². The zero-order chi connectivity index (χ0) is 24.1. The fourth-order valence-electron chi connectivity index (χ4n) is 3.07. The van der Waals surface area contributed by atoms with Crippen LogP contribution in [0.1, 0.15) is 25.0 Å². The number of amides is 2. The van der Waals surface area contributed by atoms with Gasteiger partial charge in [0.2, 0.25) is 21.8 Å². The molecule has 174 valence electrons. The zero-order valence-corrected chi connectivity index (χ0v) is 20.8. The number of likely N-dealkylation sites (N-methyl/N-ethyl adjacent to an activating group) is 1. The lowest BCUT2D eigenvalue weighted by molar-refractivity contribution is -0.139. The van der Waals surface area contributed by atoms with Gasteiger partial charge in [-0.2, -0.15) is 0 Å². The second kappa shape index (κ2) is 11.0. The van der Waals surface area contributed by atoms with Crippen LogP contribution in [0, 0.1) is 6.92 Å². The van der Waals surface area contributed by atoms with E-state index < -0.39 is 28.5 Å². The summed E-state index contributed by atoms with van der Waals surface area (Å²) >= 11 is 12.2. The summed E-state index contributed by atoms with van der Waals surface area (Å²) in [6, 6.07) is 11.1. The molecule has 1 unspecified atom stereocenters. The van der Waals surface area contributed by atoms with Crippen LogP contribution in [0.2, 0.25) is 10.0 Å². The van der Waals surface area contributed by atoms with Gasteiger partial charge in [0.05, 0.1) is 17.0 Å². The Labute approximate surface area is 199 Å². The number of nitrogens with one attached hydrogen (secondary N) is 1. The van der Waals surface area contributed by atoms with Gasteiger partial charge >= 0.3 is 0 Å². The molecule has 1 atom stereocenters. The molecule has 7 nitrogen and oxygen atoms in total. The molecule has 0 bridgehead atoms. The number of nitrogens with zero attached hydrogens (tertiary/aromatic N) is 2. The normalized spacial score (nSPS) is 12.2. The van der Waals surface area contributed by atoms with E-state index in [1.54, 1.807) is 13.8 Å². The highest BCUT2D eigenvalue weighted by Gasteiger charge is 2.30. The monoisotopic (exact) mass is 499 g/mol. The van der Waals surface area contributed by atoms with Crippen molar-refractivity contribution in [2.75, 3.05) is 23.7 Å². The molecule has 0 heterocycles. The van der Waals surface area contributed by atoms with Gasteiger partial charge in [0.25, 0.3) is 0 Å². The molecule has 0 aliphatic rings. The average Bonchev–Trinajstić information content (AvgIpc) is 2.72. The van der Waals surface area contributed by atoms with E-state index in [1.165, 1.54) is 23.1 Å². The number of sulfonamides is 1. The number of rotatable bonds is 9. The summed E-state index contributed by atoms with van der Waals surface area (Å²) in [6.07, 6.45) is 0.981. The first-order valence-corrected chi connectivity index (χ1v) is 12.6. The topological polar surface area (TPSA) is 86.8 Å². The molecule has 0 radical (unpaired) electrons. The first-order valence-electron chi connectivity index (χ1n) is 9.99. The van der Waals surface area contributed by atoms with Gasteiger partial charge in [0.15, 0.2) is 0 Å². The van der Waals surface area contributed by atoms with Crippen molar-refractivity contribution in [3.8, 4) is 0 Å². The van der Waals surface area contributed by atoms with E-state index in [2.05, 4.69) is 5.32 Å². The second-order valence-corrected chi connectivity index (χ2v) is 10.2. The number of anilines is 1. The van der Waals surface area contributed by atoms with Crippen molar-refractivity contribution in [1.29, 1.82) is 0 Å². The molecule has 2 aromatic carbocycles. The summed E-state index contributed by atoms with van der Waals surface area (Å²) in [5, 5.41) is 3.11.